The average molecular weight is 380 g/mol. The third-order valence-corrected chi connectivity index (χ3v) is 7.44. The molecule has 0 spiro atoms. The summed E-state index contributed by atoms with van der Waals surface area (Å²) in [7, 11) is -3.55. The molecule has 0 bridgehead atoms. The van der Waals surface area contributed by atoms with E-state index in [1.54, 1.807) is 6.07 Å². The molecule has 0 aliphatic carbocycles. The molecular weight excluding hydrogens is 362 g/mol. The number of benzene rings is 1. The Morgan fingerprint density at radius 2 is 2.25 bits per heavy atom. The maximum Gasteiger partial charge on any atom is 0.241 e. The Morgan fingerprint density at radius 3 is 2.85 bits per heavy atom. The number of halogens is 1. The van der Waals surface area contributed by atoms with E-state index >= 15 is 0 Å². The minimum absolute atomic E-state index is 0.172. The van der Waals surface area contributed by atoms with Crippen molar-refractivity contribution in [3.8, 4) is 0 Å². The Bertz CT molecular complexity index is 584. The average Bonchev–Trinajstić information content (AvgIpc) is 2.92. The molecule has 1 aromatic rings. The zero-order valence-corrected chi connectivity index (χ0v) is 14.4. The Hall–Kier alpha value is -0.0800. The molecule has 1 aliphatic heterocycles. The van der Waals surface area contributed by atoms with Gasteiger partial charge in [0, 0.05) is 16.3 Å². The van der Waals surface area contributed by atoms with Gasteiger partial charge in [-0.05, 0) is 58.6 Å². The summed E-state index contributed by atoms with van der Waals surface area (Å²) in [6.45, 7) is 2.10. The van der Waals surface area contributed by atoms with Gasteiger partial charge in [-0.25, -0.2) is 13.1 Å². The molecule has 1 unspecified atom stereocenters. The summed E-state index contributed by atoms with van der Waals surface area (Å²) in [5, 5.41) is 9.58. The topological polar surface area (TPSA) is 66.4 Å². The van der Waals surface area contributed by atoms with Crippen molar-refractivity contribution >= 4 is 37.7 Å². The SMILES string of the molecule is Cc1cc(CO)cc(S(=O)(=O)NCC2CCCS2)c1Br. The van der Waals surface area contributed by atoms with Crippen LogP contribution in [0.4, 0.5) is 0 Å². The molecule has 0 radical (unpaired) electrons. The van der Waals surface area contributed by atoms with Gasteiger partial charge in [0.05, 0.1) is 11.5 Å². The summed E-state index contributed by atoms with van der Waals surface area (Å²) in [4.78, 5) is 0.199. The number of aryl methyl sites for hydroxylation is 1. The van der Waals surface area contributed by atoms with Gasteiger partial charge in [0.15, 0.2) is 0 Å². The van der Waals surface area contributed by atoms with Crippen molar-refractivity contribution in [2.45, 2.75) is 36.5 Å². The van der Waals surface area contributed by atoms with E-state index in [4.69, 9.17) is 0 Å². The minimum Gasteiger partial charge on any atom is -0.392 e. The van der Waals surface area contributed by atoms with E-state index in [2.05, 4.69) is 20.7 Å². The predicted octanol–water partition coefficient (Wildman–Crippen LogP) is 2.42. The molecule has 4 nitrogen and oxygen atoms in total. The van der Waals surface area contributed by atoms with Crippen molar-refractivity contribution in [1.29, 1.82) is 0 Å². The Morgan fingerprint density at radius 1 is 1.50 bits per heavy atom. The first-order valence-electron chi connectivity index (χ1n) is 6.45. The fraction of sp³-hybridized carbons (Fsp3) is 0.538. The van der Waals surface area contributed by atoms with Crippen LogP contribution in [0.15, 0.2) is 21.5 Å². The fourth-order valence-corrected chi connectivity index (χ4v) is 5.64. The molecule has 112 valence electrons. The number of hydrogen-bond donors (Lipinski definition) is 2. The lowest BCUT2D eigenvalue weighted by Gasteiger charge is -2.14. The summed E-state index contributed by atoms with van der Waals surface area (Å²) in [5.41, 5.74) is 1.40. The lowest BCUT2D eigenvalue weighted by molar-refractivity contribution is 0.281. The number of rotatable bonds is 5. The third-order valence-electron chi connectivity index (χ3n) is 3.28. The molecule has 1 saturated heterocycles. The highest BCUT2D eigenvalue weighted by Gasteiger charge is 2.23. The minimum atomic E-state index is -3.55. The molecule has 1 aliphatic rings. The van der Waals surface area contributed by atoms with Crippen LogP contribution in [0.1, 0.15) is 24.0 Å². The van der Waals surface area contributed by atoms with Crippen LogP contribution in [0.5, 0.6) is 0 Å². The van der Waals surface area contributed by atoms with Crippen LogP contribution < -0.4 is 4.72 Å². The van der Waals surface area contributed by atoms with Crippen molar-refractivity contribution in [1.82, 2.24) is 4.72 Å². The van der Waals surface area contributed by atoms with Crippen LogP contribution in [-0.4, -0.2) is 31.1 Å². The zero-order chi connectivity index (χ0) is 14.8. The highest BCUT2D eigenvalue weighted by molar-refractivity contribution is 9.10. The smallest absolute Gasteiger partial charge is 0.241 e. The largest absolute Gasteiger partial charge is 0.392 e. The van der Waals surface area contributed by atoms with Gasteiger partial charge in [0.2, 0.25) is 10.0 Å². The lowest BCUT2D eigenvalue weighted by atomic mass is 10.1. The quantitative estimate of drug-likeness (QED) is 0.824. The van der Waals surface area contributed by atoms with Crippen molar-refractivity contribution in [3.63, 3.8) is 0 Å². The van der Waals surface area contributed by atoms with Crippen LogP contribution in [0.3, 0.4) is 0 Å². The van der Waals surface area contributed by atoms with E-state index in [9.17, 15) is 13.5 Å². The van der Waals surface area contributed by atoms with E-state index in [1.807, 2.05) is 18.7 Å². The number of aliphatic hydroxyl groups is 1. The normalized spacial score (nSPS) is 19.4. The zero-order valence-electron chi connectivity index (χ0n) is 11.2. The van der Waals surface area contributed by atoms with Gasteiger partial charge < -0.3 is 5.11 Å². The van der Waals surface area contributed by atoms with E-state index in [0.29, 0.717) is 21.8 Å². The highest BCUT2D eigenvalue weighted by atomic mass is 79.9. The van der Waals surface area contributed by atoms with E-state index in [1.165, 1.54) is 6.07 Å². The summed E-state index contributed by atoms with van der Waals surface area (Å²) >= 11 is 5.14. The molecular formula is C13H18BrNO3S2. The molecule has 0 saturated carbocycles. The number of sulfonamides is 1. The van der Waals surface area contributed by atoms with Crippen molar-refractivity contribution in [2.75, 3.05) is 12.3 Å². The van der Waals surface area contributed by atoms with Crippen LogP contribution >= 0.6 is 27.7 Å². The number of thioether (sulfide) groups is 1. The second-order valence-electron chi connectivity index (χ2n) is 4.87. The number of aliphatic hydroxyl groups excluding tert-OH is 1. The Kier molecular flexibility index (Phi) is 5.53. The molecule has 1 heterocycles. The second-order valence-corrected chi connectivity index (χ2v) is 8.81. The number of hydrogen-bond acceptors (Lipinski definition) is 4. The molecule has 0 aromatic heterocycles. The molecule has 2 rings (SSSR count). The summed E-state index contributed by atoms with van der Waals surface area (Å²) in [6.07, 6.45) is 2.21. The van der Waals surface area contributed by atoms with Crippen molar-refractivity contribution in [2.24, 2.45) is 0 Å². The molecule has 1 atom stereocenters. The first-order valence-corrected chi connectivity index (χ1v) is 9.77. The van der Waals surface area contributed by atoms with E-state index in [0.717, 1.165) is 24.2 Å². The third kappa shape index (κ3) is 3.76. The maximum absolute atomic E-state index is 12.4. The van der Waals surface area contributed by atoms with Gasteiger partial charge in [-0.15, -0.1) is 0 Å². The monoisotopic (exact) mass is 379 g/mol. The van der Waals surface area contributed by atoms with Crippen LogP contribution in [0, 0.1) is 6.92 Å². The van der Waals surface area contributed by atoms with Crippen LogP contribution in [-0.2, 0) is 16.6 Å². The van der Waals surface area contributed by atoms with Gasteiger partial charge in [0.25, 0.3) is 0 Å². The van der Waals surface area contributed by atoms with Gasteiger partial charge in [-0.1, -0.05) is 6.07 Å². The number of nitrogens with one attached hydrogen (secondary N) is 1. The molecule has 0 amide bonds. The second kappa shape index (κ2) is 6.79. The van der Waals surface area contributed by atoms with Gasteiger partial charge in [0.1, 0.15) is 0 Å². The fourth-order valence-electron chi connectivity index (χ4n) is 2.18. The Balaban J connectivity index is 2.21. The van der Waals surface area contributed by atoms with E-state index in [-0.39, 0.29) is 11.5 Å². The van der Waals surface area contributed by atoms with Crippen LogP contribution in [0.25, 0.3) is 0 Å². The lowest BCUT2D eigenvalue weighted by Crippen LogP contribution is -2.30. The highest BCUT2D eigenvalue weighted by Crippen LogP contribution is 2.29. The van der Waals surface area contributed by atoms with Gasteiger partial charge in [-0.3, -0.25) is 0 Å². The predicted molar refractivity (Wildman–Crippen MR) is 85.5 cm³/mol. The summed E-state index contributed by atoms with van der Waals surface area (Å²) in [6, 6.07) is 3.29. The summed E-state index contributed by atoms with van der Waals surface area (Å²) < 4.78 is 28.0. The molecule has 20 heavy (non-hydrogen) atoms. The Labute approximate surface area is 132 Å². The molecule has 2 N–H and O–H groups in total. The van der Waals surface area contributed by atoms with Gasteiger partial charge >= 0.3 is 0 Å². The van der Waals surface area contributed by atoms with E-state index < -0.39 is 10.0 Å². The van der Waals surface area contributed by atoms with Crippen molar-refractivity contribution < 1.29 is 13.5 Å². The van der Waals surface area contributed by atoms with Gasteiger partial charge in [-0.2, -0.15) is 11.8 Å². The van der Waals surface area contributed by atoms with Crippen molar-refractivity contribution in [3.05, 3.63) is 27.7 Å². The molecule has 1 fully saturated rings. The molecule has 7 heteroatoms. The van der Waals surface area contributed by atoms with Crippen LogP contribution in [0.2, 0.25) is 0 Å². The molecule has 1 aromatic carbocycles. The maximum atomic E-state index is 12.4. The first kappa shape index (κ1) is 16.3. The summed E-state index contributed by atoms with van der Waals surface area (Å²) in [5.74, 6) is 1.11. The standard InChI is InChI=1S/C13H18BrNO3S2/c1-9-5-10(8-16)6-12(13(9)14)20(17,18)15-7-11-3-2-4-19-11/h5-6,11,15-16H,2-4,7-8H2,1H3. The first-order chi connectivity index (χ1) is 9.44.